The summed E-state index contributed by atoms with van der Waals surface area (Å²) in [6.07, 6.45) is -0.710. The van der Waals surface area contributed by atoms with Gasteiger partial charge in [0.15, 0.2) is 5.88 Å². The third-order valence-corrected chi connectivity index (χ3v) is 4.29. The molecule has 8 heteroatoms. The second-order valence-corrected chi connectivity index (χ2v) is 7.75. The molecule has 0 aliphatic carbocycles. The number of hydrogen-bond acceptors (Lipinski definition) is 6. The third kappa shape index (κ3) is 4.95. The van der Waals surface area contributed by atoms with Crippen molar-refractivity contribution >= 4 is 23.4 Å². The molecule has 2 fully saturated rings. The number of nitrogens with zero attached hydrogens (tertiary/aromatic N) is 2. The smallest absolute Gasteiger partial charge is 0.414 e. The Labute approximate surface area is 165 Å². The zero-order valence-corrected chi connectivity index (χ0v) is 16.6. The molecule has 0 radical (unpaired) electrons. The van der Waals surface area contributed by atoms with E-state index in [-0.39, 0.29) is 24.2 Å². The van der Waals surface area contributed by atoms with Gasteiger partial charge in [-0.25, -0.2) is 4.79 Å². The van der Waals surface area contributed by atoms with Crippen molar-refractivity contribution in [1.29, 1.82) is 0 Å². The number of cyclic esters (lactones) is 1. The van der Waals surface area contributed by atoms with Crippen LogP contribution in [0.15, 0.2) is 36.7 Å². The van der Waals surface area contributed by atoms with Crippen LogP contribution in [0.3, 0.4) is 0 Å². The summed E-state index contributed by atoms with van der Waals surface area (Å²) < 4.78 is 16.2. The molecule has 0 saturated carbocycles. The van der Waals surface area contributed by atoms with Gasteiger partial charge >= 0.3 is 6.09 Å². The monoisotopic (exact) mass is 389 g/mol. The molecule has 2 amide bonds. The summed E-state index contributed by atoms with van der Waals surface area (Å²) in [6, 6.07) is 7.29. The van der Waals surface area contributed by atoms with Crippen molar-refractivity contribution in [2.45, 2.75) is 32.5 Å². The van der Waals surface area contributed by atoms with Crippen LogP contribution in [0.25, 0.3) is 0 Å². The maximum atomic E-state index is 12.2. The van der Waals surface area contributed by atoms with E-state index in [4.69, 9.17) is 14.2 Å². The van der Waals surface area contributed by atoms with Crippen LogP contribution in [-0.2, 0) is 19.0 Å². The largest absolute Gasteiger partial charge is 0.474 e. The number of carbonyl (C=O) groups is 2. The number of rotatable bonds is 6. The van der Waals surface area contributed by atoms with Crippen molar-refractivity contribution in [1.82, 2.24) is 5.32 Å². The van der Waals surface area contributed by atoms with Gasteiger partial charge in [-0.05, 0) is 51.6 Å². The second kappa shape index (κ2) is 8.10. The first-order valence-electron chi connectivity index (χ1n) is 9.31. The Morgan fingerprint density at radius 2 is 1.86 bits per heavy atom. The standard InChI is InChI=1S/C20H27N3O5/c1-14(28-20(2,3)4)21-11-17-12-23(19(25)27-17)16-7-5-15(6-8-16)22-9-10-26-13-18(22)24/h5-8,17,21H,1,9-13H2,2-4H3/t17-/m0/s1. The van der Waals surface area contributed by atoms with Gasteiger partial charge in [-0.2, -0.15) is 0 Å². The fraction of sp³-hybridized carbons (Fsp3) is 0.500. The van der Waals surface area contributed by atoms with Gasteiger partial charge < -0.3 is 24.4 Å². The number of nitrogens with one attached hydrogen (secondary N) is 1. The topological polar surface area (TPSA) is 80.3 Å². The summed E-state index contributed by atoms with van der Waals surface area (Å²) in [5.74, 6) is 0.380. The number of benzene rings is 1. The van der Waals surface area contributed by atoms with Crippen LogP contribution in [0, 0.1) is 0 Å². The van der Waals surface area contributed by atoms with E-state index in [0.29, 0.717) is 32.1 Å². The van der Waals surface area contributed by atoms with Gasteiger partial charge in [-0.3, -0.25) is 9.69 Å². The van der Waals surface area contributed by atoms with Crippen LogP contribution < -0.4 is 15.1 Å². The molecule has 0 bridgehead atoms. The number of ether oxygens (including phenoxy) is 3. The summed E-state index contributed by atoms with van der Waals surface area (Å²) in [4.78, 5) is 27.4. The minimum absolute atomic E-state index is 0.0663. The van der Waals surface area contributed by atoms with E-state index in [1.54, 1.807) is 9.80 Å². The van der Waals surface area contributed by atoms with Crippen LogP contribution in [0.1, 0.15) is 20.8 Å². The Morgan fingerprint density at radius 3 is 2.46 bits per heavy atom. The molecule has 0 unspecified atom stereocenters. The first-order valence-corrected chi connectivity index (χ1v) is 9.31. The first kappa shape index (κ1) is 20.0. The van der Waals surface area contributed by atoms with E-state index in [2.05, 4.69) is 11.9 Å². The summed E-state index contributed by atoms with van der Waals surface area (Å²) in [5, 5.41) is 3.05. The highest BCUT2D eigenvalue weighted by atomic mass is 16.6. The van der Waals surface area contributed by atoms with Crippen molar-refractivity contribution in [3.05, 3.63) is 36.7 Å². The molecule has 2 aliphatic rings. The Balaban J connectivity index is 1.56. The average Bonchev–Trinajstić information content (AvgIpc) is 3.00. The Bertz CT molecular complexity index is 741. The molecule has 8 nitrogen and oxygen atoms in total. The molecule has 3 rings (SSSR count). The molecular weight excluding hydrogens is 362 g/mol. The molecule has 1 N–H and O–H groups in total. The van der Waals surface area contributed by atoms with E-state index >= 15 is 0 Å². The predicted octanol–water partition coefficient (Wildman–Crippen LogP) is 2.25. The van der Waals surface area contributed by atoms with Crippen molar-refractivity contribution in [3.8, 4) is 0 Å². The molecule has 152 valence electrons. The lowest BCUT2D eigenvalue weighted by molar-refractivity contribution is -0.125. The van der Waals surface area contributed by atoms with Crippen LogP contribution in [0.4, 0.5) is 16.2 Å². The summed E-state index contributed by atoms with van der Waals surface area (Å²) >= 11 is 0. The van der Waals surface area contributed by atoms with Gasteiger partial charge in [0.2, 0.25) is 0 Å². The zero-order chi connectivity index (χ0) is 20.3. The molecular formula is C20H27N3O5. The Hall–Kier alpha value is -2.74. The highest BCUT2D eigenvalue weighted by Crippen LogP contribution is 2.25. The average molecular weight is 389 g/mol. The molecule has 1 aromatic rings. The van der Waals surface area contributed by atoms with E-state index < -0.39 is 6.09 Å². The lowest BCUT2D eigenvalue weighted by Gasteiger charge is -2.27. The molecule has 0 spiro atoms. The number of morpholine rings is 1. The maximum Gasteiger partial charge on any atom is 0.414 e. The number of amides is 2. The van der Waals surface area contributed by atoms with Crippen LogP contribution >= 0.6 is 0 Å². The SMILES string of the molecule is C=C(NC[C@H]1CN(c2ccc(N3CCOCC3=O)cc2)C(=O)O1)OC(C)(C)C. The lowest BCUT2D eigenvalue weighted by Crippen LogP contribution is -2.41. The van der Waals surface area contributed by atoms with Crippen LogP contribution in [0.5, 0.6) is 0 Å². The fourth-order valence-electron chi connectivity index (χ4n) is 3.08. The van der Waals surface area contributed by atoms with Crippen molar-refractivity contribution in [2.24, 2.45) is 0 Å². The number of hydrogen-bond donors (Lipinski definition) is 1. The summed E-state index contributed by atoms with van der Waals surface area (Å²) in [7, 11) is 0. The minimum Gasteiger partial charge on any atom is -0.474 e. The molecule has 2 aliphatic heterocycles. The maximum absolute atomic E-state index is 12.2. The zero-order valence-electron chi connectivity index (χ0n) is 16.6. The Kier molecular flexibility index (Phi) is 5.79. The van der Waals surface area contributed by atoms with E-state index in [0.717, 1.165) is 11.4 Å². The lowest BCUT2D eigenvalue weighted by atomic mass is 10.2. The molecule has 2 heterocycles. The van der Waals surface area contributed by atoms with Gasteiger partial charge in [0, 0.05) is 17.9 Å². The van der Waals surface area contributed by atoms with E-state index in [9.17, 15) is 9.59 Å². The van der Waals surface area contributed by atoms with Gasteiger partial charge in [-0.15, -0.1) is 0 Å². The molecule has 1 aromatic carbocycles. The summed E-state index contributed by atoms with van der Waals surface area (Å²) in [5.41, 5.74) is 1.17. The van der Waals surface area contributed by atoms with Crippen molar-refractivity contribution in [2.75, 3.05) is 42.6 Å². The normalized spacial score (nSPS) is 20.2. The van der Waals surface area contributed by atoms with Crippen LogP contribution in [-0.4, -0.2) is 56.6 Å². The number of anilines is 2. The van der Waals surface area contributed by atoms with Gasteiger partial charge in [0.25, 0.3) is 5.91 Å². The number of carbonyl (C=O) groups excluding carboxylic acids is 2. The predicted molar refractivity (Wildman–Crippen MR) is 105 cm³/mol. The fourth-order valence-corrected chi connectivity index (χ4v) is 3.08. The van der Waals surface area contributed by atoms with E-state index in [1.165, 1.54) is 0 Å². The first-order chi connectivity index (χ1) is 13.2. The minimum atomic E-state index is -0.399. The third-order valence-electron chi connectivity index (χ3n) is 4.29. The molecule has 0 aromatic heterocycles. The molecule has 1 atom stereocenters. The van der Waals surface area contributed by atoms with E-state index in [1.807, 2.05) is 45.0 Å². The second-order valence-electron chi connectivity index (χ2n) is 7.75. The van der Waals surface area contributed by atoms with Gasteiger partial charge in [0.05, 0.1) is 19.7 Å². The van der Waals surface area contributed by atoms with Gasteiger partial charge in [0.1, 0.15) is 18.3 Å². The van der Waals surface area contributed by atoms with Crippen molar-refractivity contribution in [3.63, 3.8) is 0 Å². The Morgan fingerprint density at radius 1 is 1.21 bits per heavy atom. The molecule has 28 heavy (non-hydrogen) atoms. The van der Waals surface area contributed by atoms with Crippen molar-refractivity contribution < 1.29 is 23.8 Å². The highest BCUT2D eigenvalue weighted by molar-refractivity contribution is 5.95. The van der Waals surface area contributed by atoms with Crippen LogP contribution in [0.2, 0.25) is 0 Å². The summed E-state index contributed by atoms with van der Waals surface area (Å²) in [6.45, 7) is 11.6. The molecule has 2 saturated heterocycles. The van der Waals surface area contributed by atoms with Gasteiger partial charge in [-0.1, -0.05) is 0 Å². The quantitative estimate of drug-likeness (QED) is 0.752. The highest BCUT2D eigenvalue weighted by Gasteiger charge is 2.32.